The molecule has 1 heteroatoms. The zero-order valence-corrected chi connectivity index (χ0v) is 28.5. The normalized spacial score (nSPS) is 16.5. The van der Waals surface area contributed by atoms with Gasteiger partial charge in [-0.15, -0.1) is 0 Å². The fourth-order valence-corrected chi connectivity index (χ4v) is 9.03. The molecule has 6 aromatic rings. The van der Waals surface area contributed by atoms with Crippen molar-refractivity contribution >= 4 is 17.1 Å². The van der Waals surface area contributed by atoms with Gasteiger partial charge in [-0.1, -0.05) is 120 Å². The molecular formula is C46H41N. The first-order chi connectivity index (χ1) is 22.5. The van der Waals surface area contributed by atoms with Crippen LogP contribution in [0.4, 0.5) is 17.1 Å². The molecule has 0 amide bonds. The van der Waals surface area contributed by atoms with Gasteiger partial charge in [0.2, 0.25) is 0 Å². The van der Waals surface area contributed by atoms with Crippen LogP contribution in [0.25, 0.3) is 33.4 Å². The summed E-state index contributed by atoms with van der Waals surface area (Å²) in [7, 11) is 0. The monoisotopic (exact) mass is 607 g/mol. The van der Waals surface area contributed by atoms with E-state index in [-0.39, 0.29) is 16.2 Å². The molecule has 230 valence electrons. The van der Waals surface area contributed by atoms with Crippen LogP contribution in [-0.2, 0) is 16.2 Å². The summed E-state index contributed by atoms with van der Waals surface area (Å²) in [5.74, 6) is 0. The first-order valence-corrected chi connectivity index (χ1v) is 17.0. The van der Waals surface area contributed by atoms with Crippen molar-refractivity contribution in [3.05, 3.63) is 160 Å². The third-order valence-corrected chi connectivity index (χ3v) is 11.7. The molecule has 6 aromatic carbocycles. The van der Waals surface area contributed by atoms with E-state index in [9.17, 15) is 0 Å². The minimum Gasteiger partial charge on any atom is -0.310 e. The molecule has 0 bridgehead atoms. The van der Waals surface area contributed by atoms with Gasteiger partial charge in [-0.3, -0.25) is 0 Å². The number of benzene rings is 6. The van der Waals surface area contributed by atoms with Gasteiger partial charge in [0.1, 0.15) is 0 Å². The maximum Gasteiger partial charge on any atom is 0.0465 e. The summed E-state index contributed by atoms with van der Waals surface area (Å²) in [6, 6.07) is 46.2. The number of fused-ring (bicyclic) bond motifs is 9. The number of anilines is 3. The average Bonchev–Trinajstić information content (AvgIpc) is 3.54. The van der Waals surface area contributed by atoms with Crippen LogP contribution in [0.15, 0.2) is 121 Å². The Bertz CT molecular complexity index is 2280. The van der Waals surface area contributed by atoms with E-state index in [4.69, 9.17) is 0 Å². The minimum atomic E-state index is -0.127. The van der Waals surface area contributed by atoms with Gasteiger partial charge in [0.15, 0.2) is 0 Å². The van der Waals surface area contributed by atoms with E-state index in [0.29, 0.717) is 0 Å². The van der Waals surface area contributed by atoms with Crippen molar-refractivity contribution in [3.8, 4) is 33.4 Å². The fourth-order valence-electron chi connectivity index (χ4n) is 9.03. The highest BCUT2D eigenvalue weighted by molar-refractivity contribution is 5.92. The molecule has 0 atom stereocenters. The molecule has 3 aliphatic rings. The van der Waals surface area contributed by atoms with Crippen LogP contribution in [0.3, 0.4) is 0 Å². The second-order valence-corrected chi connectivity index (χ2v) is 15.5. The second-order valence-electron chi connectivity index (χ2n) is 15.5. The predicted molar refractivity (Wildman–Crippen MR) is 199 cm³/mol. The Morgan fingerprint density at radius 2 is 0.702 bits per heavy atom. The van der Waals surface area contributed by atoms with Gasteiger partial charge in [0, 0.05) is 33.3 Å². The highest BCUT2D eigenvalue weighted by Crippen LogP contribution is 2.57. The molecule has 0 unspecified atom stereocenters. The van der Waals surface area contributed by atoms with Gasteiger partial charge in [0.25, 0.3) is 0 Å². The summed E-state index contributed by atoms with van der Waals surface area (Å²) in [4.78, 5) is 2.46. The van der Waals surface area contributed by atoms with Gasteiger partial charge in [-0.25, -0.2) is 0 Å². The summed E-state index contributed by atoms with van der Waals surface area (Å²) in [5.41, 5.74) is 21.3. The molecule has 0 spiro atoms. The topological polar surface area (TPSA) is 3.24 Å². The van der Waals surface area contributed by atoms with Gasteiger partial charge in [-0.2, -0.15) is 0 Å². The molecule has 0 aliphatic heterocycles. The number of hydrogen-bond donors (Lipinski definition) is 0. The maximum absolute atomic E-state index is 2.51. The summed E-state index contributed by atoms with van der Waals surface area (Å²) in [5, 5.41) is 0. The van der Waals surface area contributed by atoms with Gasteiger partial charge >= 0.3 is 0 Å². The van der Waals surface area contributed by atoms with E-state index in [0.717, 1.165) is 0 Å². The molecule has 0 saturated heterocycles. The maximum atomic E-state index is 2.51. The Morgan fingerprint density at radius 1 is 0.340 bits per heavy atom. The molecule has 9 rings (SSSR count). The third kappa shape index (κ3) is 3.77. The molecule has 3 aliphatic carbocycles. The van der Waals surface area contributed by atoms with Crippen molar-refractivity contribution in [3.63, 3.8) is 0 Å². The summed E-state index contributed by atoms with van der Waals surface area (Å²) < 4.78 is 0. The Kier molecular flexibility index (Phi) is 5.64. The van der Waals surface area contributed by atoms with E-state index in [1.165, 1.54) is 89.4 Å². The summed E-state index contributed by atoms with van der Waals surface area (Å²) in [6.07, 6.45) is 0. The van der Waals surface area contributed by atoms with Crippen molar-refractivity contribution in [2.45, 2.75) is 64.7 Å². The minimum absolute atomic E-state index is 0.0168. The van der Waals surface area contributed by atoms with Crippen LogP contribution >= 0.6 is 0 Å². The number of hydrogen-bond acceptors (Lipinski definition) is 1. The van der Waals surface area contributed by atoms with Crippen LogP contribution < -0.4 is 4.90 Å². The van der Waals surface area contributed by atoms with Crippen molar-refractivity contribution in [2.75, 3.05) is 4.90 Å². The molecule has 47 heavy (non-hydrogen) atoms. The van der Waals surface area contributed by atoms with E-state index in [1.807, 2.05) is 0 Å². The Balaban J connectivity index is 1.20. The lowest BCUT2D eigenvalue weighted by Gasteiger charge is -2.30. The van der Waals surface area contributed by atoms with Crippen LogP contribution in [0.5, 0.6) is 0 Å². The van der Waals surface area contributed by atoms with Crippen molar-refractivity contribution in [1.82, 2.24) is 0 Å². The van der Waals surface area contributed by atoms with Crippen LogP contribution in [0, 0.1) is 6.92 Å². The molecular weight excluding hydrogens is 567 g/mol. The summed E-state index contributed by atoms with van der Waals surface area (Å²) >= 11 is 0. The highest BCUT2D eigenvalue weighted by atomic mass is 15.1. The van der Waals surface area contributed by atoms with Crippen molar-refractivity contribution in [1.29, 1.82) is 0 Å². The fraction of sp³-hybridized carbons (Fsp3) is 0.217. The van der Waals surface area contributed by atoms with Crippen molar-refractivity contribution in [2.24, 2.45) is 0 Å². The highest BCUT2D eigenvalue weighted by Gasteiger charge is 2.42. The third-order valence-electron chi connectivity index (χ3n) is 11.7. The largest absolute Gasteiger partial charge is 0.310 e. The van der Waals surface area contributed by atoms with Gasteiger partial charge in [-0.05, 0) is 122 Å². The first-order valence-electron chi connectivity index (χ1n) is 17.0. The van der Waals surface area contributed by atoms with Crippen LogP contribution in [0.1, 0.15) is 80.5 Å². The number of nitrogens with zero attached hydrogens (tertiary/aromatic N) is 1. The Morgan fingerprint density at radius 3 is 1.21 bits per heavy atom. The molecule has 0 fully saturated rings. The Hall–Kier alpha value is -4.88. The number of aryl methyl sites for hydroxylation is 1. The lowest BCUT2D eigenvalue weighted by atomic mass is 9.79. The molecule has 1 nitrogen and oxygen atoms in total. The van der Waals surface area contributed by atoms with E-state index >= 15 is 0 Å². The number of rotatable bonds is 3. The quantitative estimate of drug-likeness (QED) is 0.193. The van der Waals surface area contributed by atoms with Crippen LogP contribution in [-0.4, -0.2) is 0 Å². The summed E-state index contributed by atoms with van der Waals surface area (Å²) in [6.45, 7) is 16.5. The van der Waals surface area contributed by atoms with E-state index in [2.05, 4.69) is 175 Å². The predicted octanol–water partition coefficient (Wildman–Crippen LogP) is 12.4. The second kappa shape index (κ2) is 9.35. The zero-order chi connectivity index (χ0) is 32.5. The molecule has 0 heterocycles. The lowest BCUT2D eigenvalue weighted by molar-refractivity contribution is 0.652. The standard InChI is InChI=1S/C46H41N/c1-28-16-18-29(19-17-28)47(30-20-22-34-32-12-8-10-14-38(32)44(2,3)40(34)24-30)31-21-23-35-37-27-42-36(26-43(37)46(6,7)41(35)25-31)33-13-9-11-15-39(33)45(42,4)5/h8-27H,1-7H3. The van der Waals surface area contributed by atoms with Gasteiger partial charge < -0.3 is 4.90 Å². The van der Waals surface area contributed by atoms with Crippen molar-refractivity contribution < 1.29 is 0 Å². The molecule has 0 radical (unpaired) electrons. The SMILES string of the molecule is Cc1ccc(N(c2ccc3c(c2)C(C)(C)c2ccccc2-3)c2ccc3c(c2)C(C)(C)c2cc4c(cc2-3)C(C)(C)c2ccccc2-4)cc1. The molecule has 0 N–H and O–H groups in total. The Labute approximate surface area is 279 Å². The lowest BCUT2D eigenvalue weighted by Crippen LogP contribution is -2.18. The molecule has 0 aromatic heterocycles. The van der Waals surface area contributed by atoms with E-state index in [1.54, 1.807) is 0 Å². The zero-order valence-electron chi connectivity index (χ0n) is 28.5. The first kappa shape index (κ1) is 28.4. The van der Waals surface area contributed by atoms with E-state index < -0.39 is 0 Å². The van der Waals surface area contributed by atoms with Gasteiger partial charge in [0.05, 0.1) is 0 Å². The van der Waals surface area contributed by atoms with Crippen LogP contribution in [0.2, 0.25) is 0 Å². The molecule has 0 saturated carbocycles. The smallest absolute Gasteiger partial charge is 0.0465 e. The average molecular weight is 608 g/mol.